The van der Waals surface area contributed by atoms with E-state index < -0.39 is 15.6 Å². The molecular formula is C20H18ClN3O4S. The third-order valence-electron chi connectivity index (χ3n) is 4.05. The maximum Gasteiger partial charge on any atom is 0.275 e. The van der Waals surface area contributed by atoms with Crippen molar-refractivity contribution in [2.45, 2.75) is 18.4 Å². The fourth-order valence-electron chi connectivity index (χ4n) is 2.67. The van der Waals surface area contributed by atoms with Crippen molar-refractivity contribution in [1.82, 2.24) is 4.57 Å². The van der Waals surface area contributed by atoms with E-state index in [0.29, 0.717) is 10.7 Å². The van der Waals surface area contributed by atoms with Gasteiger partial charge in [0.1, 0.15) is 5.69 Å². The minimum atomic E-state index is -3.98. The molecule has 0 radical (unpaired) electrons. The van der Waals surface area contributed by atoms with E-state index >= 15 is 0 Å². The lowest BCUT2D eigenvalue weighted by Gasteiger charge is -2.12. The maximum absolute atomic E-state index is 12.7. The summed E-state index contributed by atoms with van der Waals surface area (Å²) < 4.78 is 29.0. The molecule has 7 nitrogen and oxygen atoms in total. The second-order valence-electron chi connectivity index (χ2n) is 6.26. The number of hydrogen-bond acceptors (Lipinski definition) is 4. The van der Waals surface area contributed by atoms with Gasteiger partial charge in [-0.1, -0.05) is 29.8 Å². The van der Waals surface area contributed by atoms with E-state index in [0.717, 1.165) is 5.56 Å². The molecule has 0 saturated heterocycles. The lowest BCUT2D eigenvalue weighted by molar-refractivity contribution is -0.114. The number of carbonyl (C=O) groups excluding carboxylic acids is 1. The van der Waals surface area contributed by atoms with Crippen LogP contribution in [0.15, 0.2) is 76.6 Å². The van der Waals surface area contributed by atoms with E-state index in [2.05, 4.69) is 10.0 Å². The van der Waals surface area contributed by atoms with E-state index in [1.54, 1.807) is 30.5 Å². The molecule has 0 aliphatic carbocycles. The van der Waals surface area contributed by atoms with Crippen molar-refractivity contribution in [2.24, 2.45) is 0 Å². The van der Waals surface area contributed by atoms with Crippen LogP contribution in [-0.4, -0.2) is 18.9 Å². The highest BCUT2D eigenvalue weighted by Gasteiger charge is 2.17. The van der Waals surface area contributed by atoms with Gasteiger partial charge in [-0.05, 0) is 48.0 Å². The van der Waals surface area contributed by atoms with Gasteiger partial charge < -0.3 is 9.88 Å². The van der Waals surface area contributed by atoms with Crippen molar-refractivity contribution in [2.75, 3.05) is 10.0 Å². The van der Waals surface area contributed by atoms with Gasteiger partial charge in [-0.2, -0.15) is 0 Å². The number of anilines is 2. The number of halogens is 1. The SMILES string of the molecule is CC(=O)Nc1ccc(S(=O)(=O)Nc2cccn(Cc3ccccc3Cl)c2=O)cc1. The summed E-state index contributed by atoms with van der Waals surface area (Å²) in [7, 11) is -3.98. The monoisotopic (exact) mass is 431 g/mol. The molecule has 3 rings (SSSR count). The van der Waals surface area contributed by atoms with Crippen molar-refractivity contribution in [3.05, 3.63) is 87.8 Å². The average Bonchev–Trinajstić information content (AvgIpc) is 2.66. The maximum atomic E-state index is 12.7. The molecule has 2 aromatic carbocycles. The van der Waals surface area contributed by atoms with Gasteiger partial charge >= 0.3 is 0 Å². The Morgan fingerprint density at radius 2 is 1.72 bits per heavy atom. The van der Waals surface area contributed by atoms with E-state index in [9.17, 15) is 18.0 Å². The molecule has 0 aliphatic rings. The molecular weight excluding hydrogens is 414 g/mol. The lowest BCUT2D eigenvalue weighted by Crippen LogP contribution is -2.26. The van der Waals surface area contributed by atoms with Crippen LogP contribution in [0.5, 0.6) is 0 Å². The van der Waals surface area contributed by atoms with Gasteiger partial charge in [-0.15, -0.1) is 0 Å². The van der Waals surface area contributed by atoms with Gasteiger partial charge in [-0.3, -0.25) is 14.3 Å². The summed E-state index contributed by atoms with van der Waals surface area (Å²) in [6.45, 7) is 1.56. The zero-order chi connectivity index (χ0) is 21.0. The van der Waals surface area contributed by atoms with E-state index in [4.69, 9.17) is 11.6 Å². The summed E-state index contributed by atoms with van der Waals surface area (Å²) in [5, 5.41) is 3.08. The smallest absolute Gasteiger partial charge is 0.275 e. The Hall–Kier alpha value is -3.10. The van der Waals surface area contributed by atoms with Gasteiger partial charge in [0.15, 0.2) is 0 Å². The molecule has 2 N–H and O–H groups in total. The zero-order valence-corrected chi connectivity index (χ0v) is 17.0. The standard InChI is InChI=1S/C20H18ClN3O4S/c1-14(25)22-16-8-10-17(11-9-16)29(27,28)23-19-7-4-12-24(20(19)26)13-15-5-2-3-6-18(15)21/h2-12,23H,13H2,1H3,(H,22,25). The molecule has 0 aliphatic heterocycles. The largest absolute Gasteiger partial charge is 0.326 e. The number of rotatable bonds is 6. The number of carbonyl (C=O) groups is 1. The normalized spacial score (nSPS) is 11.1. The molecule has 1 amide bonds. The molecule has 0 bridgehead atoms. The predicted molar refractivity (Wildman–Crippen MR) is 113 cm³/mol. The van der Waals surface area contributed by atoms with Crippen LogP contribution in [0.2, 0.25) is 5.02 Å². The summed E-state index contributed by atoms with van der Waals surface area (Å²) >= 11 is 6.14. The van der Waals surface area contributed by atoms with Crippen LogP contribution in [0.3, 0.4) is 0 Å². The van der Waals surface area contributed by atoms with Gasteiger partial charge in [0.2, 0.25) is 5.91 Å². The van der Waals surface area contributed by atoms with E-state index in [-0.39, 0.29) is 23.0 Å². The van der Waals surface area contributed by atoms with Crippen LogP contribution in [0, 0.1) is 0 Å². The second kappa shape index (κ2) is 8.50. The van der Waals surface area contributed by atoms with Crippen LogP contribution in [0.4, 0.5) is 11.4 Å². The number of nitrogens with one attached hydrogen (secondary N) is 2. The molecule has 9 heteroatoms. The van der Waals surface area contributed by atoms with Crippen LogP contribution >= 0.6 is 11.6 Å². The molecule has 0 fully saturated rings. The highest BCUT2D eigenvalue weighted by atomic mass is 35.5. The summed E-state index contributed by atoms with van der Waals surface area (Å²) in [6, 6.07) is 15.7. The van der Waals surface area contributed by atoms with Crippen LogP contribution in [0.25, 0.3) is 0 Å². The highest BCUT2D eigenvalue weighted by molar-refractivity contribution is 7.92. The topological polar surface area (TPSA) is 97.3 Å². The Bertz CT molecular complexity index is 1200. The summed E-state index contributed by atoms with van der Waals surface area (Å²) in [4.78, 5) is 23.8. The number of pyridine rings is 1. The molecule has 0 unspecified atom stereocenters. The first-order valence-corrected chi connectivity index (χ1v) is 10.5. The van der Waals surface area contributed by atoms with Crippen LogP contribution < -0.4 is 15.6 Å². The summed E-state index contributed by atoms with van der Waals surface area (Å²) in [5.74, 6) is -0.262. The van der Waals surface area contributed by atoms with Crippen molar-refractivity contribution >= 4 is 38.9 Å². The Morgan fingerprint density at radius 1 is 1.03 bits per heavy atom. The molecule has 150 valence electrons. The number of hydrogen-bond donors (Lipinski definition) is 2. The molecule has 1 aromatic heterocycles. The van der Waals surface area contributed by atoms with Gasteiger partial charge in [0.25, 0.3) is 15.6 Å². The highest BCUT2D eigenvalue weighted by Crippen LogP contribution is 2.18. The van der Waals surface area contributed by atoms with E-state index in [1.165, 1.54) is 41.8 Å². The Kier molecular flexibility index (Phi) is 6.05. The fourth-order valence-corrected chi connectivity index (χ4v) is 3.93. The first kappa shape index (κ1) is 20.6. The van der Waals surface area contributed by atoms with Crippen LogP contribution in [0.1, 0.15) is 12.5 Å². The summed E-state index contributed by atoms with van der Waals surface area (Å²) in [5.41, 5.74) is 0.638. The number of nitrogens with zero attached hydrogens (tertiary/aromatic N) is 1. The third-order valence-corrected chi connectivity index (χ3v) is 5.80. The minimum absolute atomic E-state index is 0.0347. The van der Waals surface area contributed by atoms with Crippen molar-refractivity contribution in [1.29, 1.82) is 0 Å². The first-order chi connectivity index (χ1) is 13.8. The molecule has 29 heavy (non-hydrogen) atoms. The molecule has 0 spiro atoms. The Balaban J connectivity index is 1.85. The van der Waals surface area contributed by atoms with E-state index in [1.807, 2.05) is 6.07 Å². The zero-order valence-electron chi connectivity index (χ0n) is 15.4. The molecule has 0 atom stereocenters. The number of benzene rings is 2. The molecule has 1 heterocycles. The number of amides is 1. The lowest BCUT2D eigenvalue weighted by atomic mass is 10.2. The van der Waals surface area contributed by atoms with Gasteiger partial charge in [0, 0.05) is 23.8 Å². The molecule has 0 saturated carbocycles. The quantitative estimate of drug-likeness (QED) is 0.625. The fraction of sp³-hybridized carbons (Fsp3) is 0.100. The van der Waals surface area contributed by atoms with Gasteiger partial charge in [-0.25, -0.2) is 8.42 Å². The number of aromatic nitrogens is 1. The predicted octanol–water partition coefficient (Wildman–Crippen LogP) is 3.31. The van der Waals surface area contributed by atoms with Gasteiger partial charge in [0.05, 0.1) is 11.4 Å². The van der Waals surface area contributed by atoms with Crippen molar-refractivity contribution < 1.29 is 13.2 Å². The second-order valence-corrected chi connectivity index (χ2v) is 8.35. The van der Waals surface area contributed by atoms with Crippen LogP contribution in [-0.2, 0) is 21.4 Å². The minimum Gasteiger partial charge on any atom is -0.326 e. The first-order valence-electron chi connectivity index (χ1n) is 8.59. The molecule has 3 aromatic rings. The average molecular weight is 432 g/mol. The Labute approximate surface area is 173 Å². The third kappa shape index (κ3) is 5.04. The Morgan fingerprint density at radius 3 is 2.38 bits per heavy atom. The van der Waals surface area contributed by atoms with Crippen molar-refractivity contribution in [3.63, 3.8) is 0 Å². The summed E-state index contributed by atoms with van der Waals surface area (Å²) in [6.07, 6.45) is 1.56. The number of sulfonamides is 1. The van der Waals surface area contributed by atoms with Crippen molar-refractivity contribution in [3.8, 4) is 0 Å².